The molecule has 0 aliphatic rings. The largest absolute Gasteiger partial charge is 0.352 e. The monoisotopic (exact) mass is 335 g/mol. The van der Waals surface area contributed by atoms with Crippen molar-refractivity contribution >= 4 is 23.3 Å². The molecule has 23 heavy (non-hydrogen) atoms. The number of thiophene rings is 1. The highest BCUT2D eigenvalue weighted by molar-refractivity contribution is 7.10. The minimum atomic E-state index is -0.678. The SMILES string of the molecule is C[C@H](NC(=O)C[C@@H](NC(N)=O)c1cccs1)c1ccc(F)cc1. The number of hydrogen-bond donors (Lipinski definition) is 3. The molecule has 5 nitrogen and oxygen atoms in total. The van der Waals surface area contributed by atoms with Gasteiger partial charge in [-0.05, 0) is 36.1 Å². The van der Waals surface area contributed by atoms with Gasteiger partial charge < -0.3 is 16.4 Å². The van der Waals surface area contributed by atoms with Crippen LogP contribution in [0.1, 0.15) is 35.9 Å². The summed E-state index contributed by atoms with van der Waals surface area (Å²) in [6, 6.07) is 8.22. The third kappa shape index (κ3) is 5.07. The molecule has 4 N–H and O–H groups in total. The van der Waals surface area contributed by atoms with Crippen LogP contribution in [0.4, 0.5) is 9.18 Å². The zero-order chi connectivity index (χ0) is 16.8. The van der Waals surface area contributed by atoms with Crippen LogP contribution in [0.5, 0.6) is 0 Å². The molecule has 7 heteroatoms. The molecule has 0 spiro atoms. The van der Waals surface area contributed by atoms with Gasteiger partial charge in [-0.3, -0.25) is 4.79 Å². The lowest BCUT2D eigenvalue weighted by Crippen LogP contribution is -2.36. The van der Waals surface area contributed by atoms with E-state index in [0.29, 0.717) is 0 Å². The summed E-state index contributed by atoms with van der Waals surface area (Å²) < 4.78 is 12.9. The van der Waals surface area contributed by atoms with Gasteiger partial charge >= 0.3 is 6.03 Å². The van der Waals surface area contributed by atoms with E-state index in [1.807, 2.05) is 24.4 Å². The second-order valence-electron chi connectivity index (χ2n) is 5.12. The highest BCUT2D eigenvalue weighted by Crippen LogP contribution is 2.22. The third-order valence-corrected chi connectivity index (χ3v) is 4.33. The summed E-state index contributed by atoms with van der Waals surface area (Å²) in [6.45, 7) is 1.81. The first-order valence-corrected chi connectivity index (χ1v) is 7.98. The van der Waals surface area contributed by atoms with Crippen molar-refractivity contribution in [1.29, 1.82) is 0 Å². The van der Waals surface area contributed by atoms with E-state index < -0.39 is 12.1 Å². The molecule has 0 bridgehead atoms. The van der Waals surface area contributed by atoms with E-state index in [9.17, 15) is 14.0 Å². The Balaban J connectivity index is 1.98. The fourth-order valence-corrected chi connectivity index (χ4v) is 2.98. The second-order valence-corrected chi connectivity index (χ2v) is 6.10. The topological polar surface area (TPSA) is 84.2 Å². The van der Waals surface area contributed by atoms with E-state index in [-0.39, 0.29) is 24.2 Å². The van der Waals surface area contributed by atoms with E-state index in [0.717, 1.165) is 10.4 Å². The number of amides is 3. The van der Waals surface area contributed by atoms with Crippen molar-refractivity contribution in [1.82, 2.24) is 10.6 Å². The van der Waals surface area contributed by atoms with Crippen molar-refractivity contribution in [2.75, 3.05) is 0 Å². The van der Waals surface area contributed by atoms with E-state index in [1.165, 1.54) is 23.5 Å². The van der Waals surface area contributed by atoms with E-state index in [2.05, 4.69) is 10.6 Å². The zero-order valence-corrected chi connectivity index (χ0v) is 13.4. The predicted molar refractivity (Wildman–Crippen MR) is 87.4 cm³/mol. The molecule has 2 rings (SSSR count). The number of urea groups is 1. The van der Waals surface area contributed by atoms with Gasteiger partial charge in [0.2, 0.25) is 5.91 Å². The molecule has 0 saturated carbocycles. The number of hydrogen-bond acceptors (Lipinski definition) is 3. The van der Waals surface area contributed by atoms with Crippen molar-refractivity contribution in [3.05, 3.63) is 58.0 Å². The van der Waals surface area contributed by atoms with Gasteiger partial charge in [0.05, 0.1) is 18.5 Å². The first-order valence-electron chi connectivity index (χ1n) is 7.10. The van der Waals surface area contributed by atoms with E-state index in [1.54, 1.807) is 12.1 Å². The number of primary amides is 1. The van der Waals surface area contributed by atoms with Crippen molar-refractivity contribution in [3.63, 3.8) is 0 Å². The molecule has 0 unspecified atom stereocenters. The summed E-state index contributed by atoms with van der Waals surface area (Å²) in [7, 11) is 0. The highest BCUT2D eigenvalue weighted by Gasteiger charge is 2.19. The van der Waals surface area contributed by atoms with Crippen LogP contribution >= 0.6 is 11.3 Å². The molecule has 0 radical (unpaired) electrons. The summed E-state index contributed by atoms with van der Waals surface area (Å²) in [5.41, 5.74) is 5.97. The Bertz CT molecular complexity index is 658. The van der Waals surface area contributed by atoms with Gasteiger partial charge in [-0.15, -0.1) is 11.3 Å². The smallest absolute Gasteiger partial charge is 0.312 e. The van der Waals surface area contributed by atoms with Gasteiger partial charge in [0.25, 0.3) is 0 Å². The van der Waals surface area contributed by atoms with Crippen LogP contribution in [-0.4, -0.2) is 11.9 Å². The summed E-state index contributed by atoms with van der Waals surface area (Å²) in [6.07, 6.45) is 0.0784. The van der Waals surface area contributed by atoms with Crippen molar-refractivity contribution in [2.24, 2.45) is 5.73 Å². The average molecular weight is 335 g/mol. The molecule has 0 aliphatic heterocycles. The lowest BCUT2D eigenvalue weighted by molar-refractivity contribution is -0.122. The van der Waals surface area contributed by atoms with Gasteiger partial charge in [-0.25, -0.2) is 9.18 Å². The van der Waals surface area contributed by atoms with E-state index >= 15 is 0 Å². The van der Waals surface area contributed by atoms with Gasteiger partial charge in [0.1, 0.15) is 5.82 Å². The Morgan fingerprint density at radius 3 is 2.48 bits per heavy atom. The first kappa shape index (κ1) is 17.0. The van der Waals surface area contributed by atoms with Crippen molar-refractivity contribution < 1.29 is 14.0 Å². The molecular formula is C16H18FN3O2S. The maximum Gasteiger partial charge on any atom is 0.312 e. The number of carbonyl (C=O) groups is 2. The Labute approximate surface area is 137 Å². The minimum absolute atomic E-state index is 0.0784. The van der Waals surface area contributed by atoms with Gasteiger partial charge in [0, 0.05) is 4.88 Å². The van der Waals surface area contributed by atoms with Crippen LogP contribution in [0, 0.1) is 5.82 Å². The van der Waals surface area contributed by atoms with Crippen molar-refractivity contribution in [3.8, 4) is 0 Å². The van der Waals surface area contributed by atoms with Gasteiger partial charge in [-0.1, -0.05) is 18.2 Å². The Morgan fingerprint density at radius 2 is 1.91 bits per heavy atom. The maximum atomic E-state index is 12.9. The normalized spacial score (nSPS) is 13.1. The number of nitrogens with one attached hydrogen (secondary N) is 2. The van der Waals surface area contributed by atoms with Crippen LogP contribution in [0.15, 0.2) is 41.8 Å². The standard InChI is InChI=1S/C16H18FN3O2S/c1-10(11-4-6-12(17)7-5-11)19-15(21)9-13(20-16(18)22)14-3-2-8-23-14/h2-8,10,13H,9H2,1H3,(H,19,21)(H3,18,20,22)/t10-,13+/m0/s1. The Morgan fingerprint density at radius 1 is 1.22 bits per heavy atom. The highest BCUT2D eigenvalue weighted by atomic mass is 32.1. The van der Waals surface area contributed by atoms with Crippen LogP contribution < -0.4 is 16.4 Å². The molecule has 0 fully saturated rings. The average Bonchev–Trinajstić information content (AvgIpc) is 3.00. The molecule has 1 aromatic heterocycles. The summed E-state index contributed by atoms with van der Waals surface area (Å²) in [4.78, 5) is 24.2. The molecule has 1 heterocycles. The number of carbonyl (C=O) groups excluding carboxylic acids is 2. The molecule has 0 aliphatic carbocycles. The summed E-state index contributed by atoms with van der Waals surface area (Å²) >= 11 is 1.44. The van der Waals surface area contributed by atoms with Crippen LogP contribution in [0.3, 0.4) is 0 Å². The van der Waals surface area contributed by atoms with E-state index in [4.69, 9.17) is 5.73 Å². The molecule has 0 saturated heterocycles. The second kappa shape index (κ2) is 7.73. The third-order valence-electron chi connectivity index (χ3n) is 3.34. The quantitative estimate of drug-likeness (QED) is 0.758. The molecular weight excluding hydrogens is 317 g/mol. The van der Waals surface area contributed by atoms with Crippen LogP contribution in [-0.2, 0) is 4.79 Å². The fraction of sp³-hybridized carbons (Fsp3) is 0.250. The summed E-state index contributed by atoms with van der Waals surface area (Å²) in [5.74, 6) is -0.551. The fourth-order valence-electron chi connectivity index (χ4n) is 2.20. The predicted octanol–water partition coefficient (Wildman–Crippen LogP) is 2.86. The molecule has 3 amide bonds. The lowest BCUT2D eigenvalue weighted by atomic mass is 10.1. The Kier molecular flexibility index (Phi) is 5.70. The van der Waals surface area contributed by atoms with Crippen LogP contribution in [0.25, 0.3) is 0 Å². The zero-order valence-electron chi connectivity index (χ0n) is 12.6. The van der Waals surface area contributed by atoms with Gasteiger partial charge in [-0.2, -0.15) is 0 Å². The molecule has 122 valence electrons. The van der Waals surface area contributed by atoms with Crippen LogP contribution in [0.2, 0.25) is 0 Å². The summed E-state index contributed by atoms with van der Waals surface area (Å²) in [5, 5.41) is 7.27. The first-order chi connectivity index (χ1) is 11.0. The number of halogens is 1. The molecule has 2 atom stereocenters. The number of rotatable bonds is 6. The number of benzene rings is 1. The lowest BCUT2D eigenvalue weighted by Gasteiger charge is -2.19. The molecule has 1 aromatic carbocycles. The maximum absolute atomic E-state index is 12.9. The van der Waals surface area contributed by atoms with Crippen molar-refractivity contribution in [2.45, 2.75) is 25.4 Å². The van der Waals surface area contributed by atoms with Gasteiger partial charge in [0.15, 0.2) is 0 Å². The minimum Gasteiger partial charge on any atom is -0.352 e. The number of nitrogens with two attached hydrogens (primary N) is 1. The molecule has 2 aromatic rings. The Hall–Kier alpha value is -2.41.